The van der Waals surface area contributed by atoms with Gasteiger partial charge in [-0.15, -0.1) is 0 Å². The Morgan fingerprint density at radius 3 is 2.50 bits per heavy atom. The molecular weight excluding hydrogens is 522 g/mol. The molecule has 4 rings (SSSR count). The fraction of sp³-hybridized carbons (Fsp3) is 0.481. The molecule has 1 aromatic carbocycles. The minimum atomic E-state index is -0.515. The van der Waals surface area contributed by atoms with Crippen molar-refractivity contribution in [1.29, 1.82) is 0 Å². The Hall–Kier alpha value is -2.78. The molecular formula is C27H34BrN5O3. The number of anilines is 1. The van der Waals surface area contributed by atoms with Gasteiger partial charge in [0, 0.05) is 61.9 Å². The van der Waals surface area contributed by atoms with E-state index in [1.807, 2.05) is 0 Å². The van der Waals surface area contributed by atoms with Crippen molar-refractivity contribution in [3.8, 4) is 0 Å². The Labute approximate surface area is 221 Å². The van der Waals surface area contributed by atoms with E-state index in [0.717, 1.165) is 36.9 Å². The van der Waals surface area contributed by atoms with Crippen LogP contribution in [0.1, 0.15) is 52.9 Å². The van der Waals surface area contributed by atoms with E-state index in [2.05, 4.69) is 56.3 Å². The largest absolute Gasteiger partial charge is 0.345 e. The number of amides is 3. The molecule has 2 fully saturated rings. The maximum absolute atomic E-state index is 13.2. The number of rotatable bonds is 6. The standard InChI is InChI=1S/C27H34BrN5O3/c1-17-13-19(5-6-22(17)28)16-32-11-9-21(10-12-32)33-23(7-8-25(33)34)26(35)30-24-15-20(14-18(2)29-24)27(36)31(3)4/h5-6,13-15,21,23H,7-12,16H2,1-4H3,(H,29,30,35)/t23-/m1/s1. The van der Waals surface area contributed by atoms with Gasteiger partial charge in [0.1, 0.15) is 11.9 Å². The number of likely N-dealkylation sites (tertiary alicyclic amines) is 2. The number of carbonyl (C=O) groups is 3. The van der Waals surface area contributed by atoms with E-state index in [1.54, 1.807) is 38.1 Å². The highest BCUT2D eigenvalue weighted by atomic mass is 79.9. The van der Waals surface area contributed by atoms with Gasteiger partial charge in [-0.05, 0) is 62.4 Å². The fourth-order valence-electron chi connectivity index (χ4n) is 5.16. The molecule has 2 aliphatic heterocycles. The molecule has 192 valence electrons. The number of hydrogen-bond acceptors (Lipinski definition) is 5. The lowest BCUT2D eigenvalue weighted by molar-refractivity contribution is -0.136. The molecule has 1 N–H and O–H groups in total. The van der Waals surface area contributed by atoms with Crippen molar-refractivity contribution in [2.45, 2.75) is 58.2 Å². The number of piperidine rings is 1. The van der Waals surface area contributed by atoms with Gasteiger partial charge >= 0.3 is 0 Å². The van der Waals surface area contributed by atoms with Crippen molar-refractivity contribution in [2.75, 3.05) is 32.5 Å². The average molecular weight is 557 g/mol. The maximum Gasteiger partial charge on any atom is 0.253 e. The Morgan fingerprint density at radius 1 is 1.11 bits per heavy atom. The zero-order valence-corrected chi connectivity index (χ0v) is 23.0. The summed E-state index contributed by atoms with van der Waals surface area (Å²) in [5.74, 6) is -0.0179. The van der Waals surface area contributed by atoms with Crippen LogP contribution in [0.5, 0.6) is 0 Å². The minimum Gasteiger partial charge on any atom is -0.345 e. The van der Waals surface area contributed by atoms with Crippen LogP contribution in [0, 0.1) is 13.8 Å². The molecule has 0 unspecified atom stereocenters. The first-order valence-corrected chi connectivity index (χ1v) is 13.2. The second kappa shape index (κ2) is 11.1. The highest BCUT2D eigenvalue weighted by Crippen LogP contribution is 2.29. The fourth-order valence-corrected chi connectivity index (χ4v) is 5.41. The molecule has 0 bridgehead atoms. The van der Waals surface area contributed by atoms with Crippen molar-refractivity contribution in [2.24, 2.45) is 0 Å². The van der Waals surface area contributed by atoms with E-state index in [0.29, 0.717) is 29.9 Å². The van der Waals surface area contributed by atoms with Gasteiger partial charge < -0.3 is 15.1 Å². The topological polar surface area (TPSA) is 85.8 Å². The predicted octanol–water partition coefficient (Wildman–Crippen LogP) is 3.76. The van der Waals surface area contributed by atoms with Crippen molar-refractivity contribution < 1.29 is 14.4 Å². The van der Waals surface area contributed by atoms with E-state index >= 15 is 0 Å². The van der Waals surface area contributed by atoms with Gasteiger partial charge in [-0.3, -0.25) is 19.3 Å². The first-order valence-electron chi connectivity index (χ1n) is 12.4. The molecule has 2 saturated heterocycles. The summed E-state index contributed by atoms with van der Waals surface area (Å²) < 4.78 is 1.11. The monoisotopic (exact) mass is 555 g/mol. The summed E-state index contributed by atoms with van der Waals surface area (Å²) >= 11 is 3.56. The number of nitrogens with zero attached hydrogens (tertiary/aromatic N) is 4. The molecule has 1 atom stereocenters. The van der Waals surface area contributed by atoms with Crippen molar-refractivity contribution in [1.82, 2.24) is 19.7 Å². The highest BCUT2D eigenvalue weighted by Gasteiger charge is 2.41. The van der Waals surface area contributed by atoms with Crippen molar-refractivity contribution in [3.05, 3.63) is 57.2 Å². The first kappa shape index (κ1) is 26.3. The van der Waals surface area contributed by atoms with Crippen molar-refractivity contribution in [3.63, 3.8) is 0 Å². The second-order valence-electron chi connectivity index (χ2n) is 10.0. The third-order valence-electron chi connectivity index (χ3n) is 6.99. The van der Waals surface area contributed by atoms with Gasteiger partial charge in [0.15, 0.2) is 0 Å². The number of nitrogens with one attached hydrogen (secondary N) is 1. The highest BCUT2D eigenvalue weighted by molar-refractivity contribution is 9.10. The van der Waals surface area contributed by atoms with Crippen LogP contribution in [-0.4, -0.2) is 76.7 Å². The van der Waals surface area contributed by atoms with Gasteiger partial charge in [0.25, 0.3) is 5.91 Å². The van der Waals surface area contributed by atoms with Gasteiger partial charge in [-0.2, -0.15) is 0 Å². The summed E-state index contributed by atoms with van der Waals surface area (Å²) in [6, 6.07) is 9.27. The molecule has 2 aliphatic rings. The molecule has 3 heterocycles. The van der Waals surface area contributed by atoms with E-state index < -0.39 is 6.04 Å². The number of aryl methyl sites for hydroxylation is 2. The van der Waals surface area contributed by atoms with Gasteiger partial charge in [-0.1, -0.05) is 28.1 Å². The van der Waals surface area contributed by atoms with Crippen LogP contribution in [0.25, 0.3) is 0 Å². The van der Waals surface area contributed by atoms with Gasteiger partial charge in [0.2, 0.25) is 11.8 Å². The quantitative estimate of drug-likeness (QED) is 0.586. The molecule has 3 amide bonds. The number of pyridine rings is 1. The van der Waals surface area contributed by atoms with Crippen LogP contribution in [-0.2, 0) is 16.1 Å². The Morgan fingerprint density at radius 2 is 1.83 bits per heavy atom. The lowest BCUT2D eigenvalue weighted by atomic mass is 10.0. The number of halogens is 1. The Bertz CT molecular complexity index is 1160. The molecule has 0 aliphatic carbocycles. The van der Waals surface area contributed by atoms with E-state index in [1.165, 1.54) is 16.0 Å². The van der Waals surface area contributed by atoms with Crippen LogP contribution < -0.4 is 5.32 Å². The lowest BCUT2D eigenvalue weighted by Gasteiger charge is -2.39. The van der Waals surface area contributed by atoms with E-state index in [-0.39, 0.29) is 23.8 Å². The van der Waals surface area contributed by atoms with Gasteiger partial charge in [-0.25, -0.2) is 4.98 Å². The number of benzene rings is 1. The molecule has 9 heteroatoms. The van der Waals surface area contributed by atoms with Crippen LogP contribution in [0.3, 0.4) is 0 Å². The number of hydrogen-bond donors (Lipinski definition) is 1. The summed E-state index contributed by atoms with van der Waals surface area (Å²) in [6.45, 7) is 6.53. The normalized spacial score (nSPS) is 19.0. The first-order chi connectivity index (χ1) is 17.1. The maximum atomic E-state index is 13.2. The zero-order chi connectivity index (χ0) is 26.0. The molecule has 1 aromatic heterocycles. The number of aromatic nitrogens is 1. The van der Waals surface area contributed by atoms with Crippen LogP contribution >= 0.6 is 15.9 Å². The average Bonchev–Trinajstić information content (AvgIpc) is 3.22. The molecule has 0 spiro atoms. The smallest absolute Gasteiger partial charge is 0.253 e. The Kier molecular flexibility index (Phi) is 8.10. The van der Waals surface area contributed by atoms with Crippen LogP contribution in [0.15, 0.2) is 34.8 Å². The molecule has 0 radical (unpaired) electrons. The molecule has 36 heavy (non-hydrogen) atoms. The number of carbonyl (C=O) groups excluding carboxylic acids is 3. The summed E-state index contributed by atoms with van der Waals surface area (Å²) in [5, 5.41) is 2.87. The summed E-state index contributed by atoms with van der Waals surface area (Å²) in [4.78, 5) is 48.6. The van der Waals surface area contributed by atoms with E-state index in [9.17, 15) is 14.4 Å². The lowest BCUT2D eigenvalue weighted by Crippen LogP contribution is -2.51. The third kappa shape index (κ3) is 5.95. The summed E-state index contributed by atoms with van der Waals surface area (Å²) in [6.07, 6.45) is 2.56. The van der Waals surface area contributed by atoms with Crippen LogP contribution in [0.4, 0.5) is 5.82 Å². The minimum absolute atomic E-state index is 0.0396. The second-order valence-corrected chi connectivity index (χ2v) is 10.9. The predicted molar refractivity (Wildman–Crippen MR) is 143 cm³/mol. The molecule has 8 nitrogen and oxygen atoms in total. The SMILES string of the molecule is Cc1cc(C(=O)N(C)C)cc(NC(=O)[C@H]2CCC(=O)N2C2CCN(Cc3ccc(Br)c(C)c3)CC2)n1. The van der Waals surface area contributed by atoms with Gasteiger partial charge in [0.05, 0.1) is 0 Å². The molecule has 2 aromatic rings. The van der Waals surface area contributed by atoms with E-state index in [4.69, 9.17) is 0 Å². The third-order valence-corrected chi connectivity index (χ3v) is 7.88. The summed E-state index contributed by atoms with van der Waals surface area (Å²) in [5.41, 5.74) is 3.61. The summed E-state index contributed by atoms with van der Waals surface area (Å²) in [7, 11) is 3.37. The Balaban J connectivity index is 1.39. The molecule has 0 saturated carbocycles. The van der Waals surface area contributed by atoms with Crippen molar-refractivity contribution >= 4 is 39.5 Å². The van der Waals surface area contributed by atoms with Crippen LogP contribution in [0.2, 0.25) is 0 Å². The zero-order valence-electron chi connectivity index (χ0n) is 21.4.